The van der Waals surface area contributed by atoms with E-state index in [9.17, 15) is 18.7 Å². The van der Waals surface area contributed by atoms with Crippen LogP contribution in [0.4, 0.5) is 8.78 Å². The molecule has 7 heteroatoms. The Kier molecular flexibility index (Phi) is 6.06. The van der Waals surface area contributed by atoms with Crippen molar-refractivity contribution < 1.29 is 18.7 Å². The van der Waals surface area contributed by atoms with Gasteiger partial charge in [-0.3, -0.25) is 0 Å². The molecule has 0 saturated heterocycles. The SMILES string of the molecule is CCCCn1nc(C(C)(F)F)nc1Cc1ccc(-c2ccccc2C(=O)O)cc1. The zero-order chi connectivity index (χ0) is 21.0. The molecule has 0 saturated carbocycles. The minimum atomic E-state index is -3.09. The summed E-state index contributed by atoms with van der Waals surface area (Å²) in [6.45, 7) is 3.36. The van der Waals surface area contributed by atoms with Crippen molar-refractivity contribution in [3.8, 4) is 11.1 Å². The molecule has 2 aromatic carbocycles. The van der Waals surface area contributed by atoms with E-state index in [2.05, 4.69) is 10.1 Å². The second-order valence-corrected chi connectivity index (χ2v) is 7.04. The zero-order valence-corrected chi connectivity index (χ0v) is 16.4. The molecule has 0 fully saturated rings. The van der Waals surface area contributed by atoms with Crippen molar-refractivity contribution >= 4 is 5.97 Å². The summed E-state index contributed by atoms with van der Waals surface area (Å²) in [6, 6.07) is 14.2. The van der Waals surface area contributed by atoms with Gasteiger partial charge in [-0.15, -0.1) is 5.10 Å². The molecule has 3 aromatic rings. The molecule has 0 aliphatic rings. The van der Waals surface area contributed by atoms with E-state index >= 15 is 0 Å². The number of carbonyl (C=O) groups is 1. The number of aromatic nitrogens is 3. The highest BCUT2D eigenvalue weighted by Gasteiger charge is 2.31. The third kappa shape index (κ3) is 4.85. The van der Waals surface area contributed by atoms with Crippen LogP contribution in [0.1, 0.15) is 54.3 Å². The van der Waals surface area contributed by atoms with Gasteiger partial charge in [0.2, 0.25) is 5.82 Å². The highest BCUT2D eigenvalue weighted by molar-refractivity contribution is 5.95. The molecule has 29 heavy (non-hydrogen) atoms. The molecule has 0 atom stereocenters. The van der Waals surface area contributed by atoms with E-state index < -0.39 is 17.7 Å². The van der Waals surface area contributed by atoms with E-state index in [4.69, 9.17) is 0 Å². The predicted molar refractivity (Wildman–Crippen MR) is 106 cm³/mol. The van der Waals surface area contributed by atoms with Gasteiger partial charge in [0.1, 0.15) is 5.82 Å². The molecule has 1 N–H and O–H groups in total. The molecular formula is C22H23F2N3O2. The number of hydrogen-bond donors (Lipinski definition) is 1. The Morgan fingerprint density at radius 2 is 1.83 bits per heavy atom. The molecule has 0 aliphatic carbocycles. The van der Waals surface area contributed by atoms with Gasteiger partial charge in [-0.1, -0.05) is 55.8 Å². The number of carboxylic acids is 1. The van der Waals surface area contributed by atoms with Crippen molar-refractivity contribution in [2.24, 2.45) is 0 Å². The summed E-state index contributed by atoms with van der Waals surface area (Å²) in [5.74, 6) is -4.04. The van der Waals surface area contributed by atoms with Crippen LogP contribution in [0.2, 0.25) is 0 Å². The van der Waals surface area contributed by atoms with Crippen molar-refractivity contribution in [1.82, 2.24) is 14.8 Å². The number of hydrogen-bond acceptors (Lipinski definition) is 3. The van der Waals surface area contributed by atoms with Gasteiger partial charge in [0.15, 0.2) is 0 Å². The van der Waals surface area contributed by atoms with Crippen LogP contribution in [0.25, 0.3) is 11.1 Å². The molecule has 0 amide bonds. The molecule has 5 nitrogen and oxygen atoms in total. The lowest BCUT2D eigenvalue weighted by Crippen LogP contribution is -2.11. The van der Waals surface area contributed by atoms with Crippen LogP contribution >= 0.6 is 0 Å². The first-order valence-electron chi connectivity index (χ1n) is 9.53. The van der Waals surface area contributed by atoms with Gasteiger partial charge in [0.25, 0.3) is 0 Å². The lowest BCUT2D eigenvalue weighted by atomic mass is 9.98. The quantitative estimate of drug-likeness (QED) is 0.569. The molecule has 0 aliphatic heterocycles. The molecule has 0 unspecified atom stereocenters. The van der Waals surface area contributed by atoms with E-state index in [1.54, 1.807) is 28.9 Å². The number of aryl methyl sites for hydroxylation is 1. The number of aromatic carboxylic acids is 1. The summed E-state index contributed by atoms with van der Waals surface area (Å²) in [5, 5.41) is 13.4. The molecular weight excluding hydrogens is 376 g/mol. The summed E-state index contributed by atoms with van der Waals surface area (Å²) in [7, 11) is 0. The second-order valence-electron chi connectivity index (χ2n) is 7.04. The zero-order valence-electron chi connectivity index (χ0n) is 16.4. The number of unbranched alkanes of at least 4 members (excludes halogenated alkanes) is 1. The Hall–Kier alpha value is -3.09. The summed E-state index contributed by atoms with van der Waals surface area (Å²) in [6.07, 6.45) is 2.12. The normalized spacial score (nSPS) is 11.6. The first-order chi connectivity index (χ1) is 13.8. The summed E-state index contributed by atoms with van der Waals surface area (Å²) in [4.78, 5) is 15.5. The lowest BCUT2D eigenvalue weighted by molar-refractivity contribution is 0.00750. The van der Waals surface area contributed by atoms with Gasteiger partial charge in [0, 0.05) is 19.9 Å². The smallest absolute Gasteiger partial charge is 0.336 e. The van der Waals surface area contributed by atoms with Crippen molar-refractivity contribution in [2.75, 3.05) is 0 Å². The van der Waals surface area contributed by atoms with Gasteiger partial charge >= 0.3 is 11.9 Å². The van der Waals surface area contributed by atoms with Crippen molar-refractivity contribution in [2.45, 2.75) is 45.6 Å². The Morgan fingerprint density at radius 3 is 2.45 bits per heavy atom. The molecule has 0 radical (unpaired) electrons. The van der Waals surface area contributed by atoms with Gasteiger partial charge in [-0.25, -0.2) is 14.5 Å². The maximum Gasteiger partial charge on any atom is 0.336 e. The lowest BCUT2D eigenvalue weighted by Gasteiger charge is -2.08. The minimum absolute atomic E-state index is 0.231. The number of carboxylic acid groups (broad SMARTS) is 1. The highest BCUT2D eigenvalue weighted by Crippen LogP contribution is 2.26. The Balaban J connectivity index is 1.87. The van der Waals surface area contributed by atoms with Crippen LogP contribution in [0.15, 0.2) is 48.5 Å². The topological polar surface area (TPSA) is 68.0 Å². The van der Waals surface area contributed by atoms with Crippen LogP contribution in [0, 0.1) is 0 Å². The second kappa shape index (κ2) is 8.51. The maximum atomic E-state index is 13.7. The average molecular weight is 399 g/mol. The minimum Gasteiger partial charge on any atom is -0.478 e. The van der Waals surface area contributed by atoms with E-state index in [-0.39, 0.29) is 5.56 Å². The third-order valence-corrected chi connectivity index (χ3v) is 4.65. The monoisotopic (exact) mass is 399 g/mol. The van der Waals surface area contributed by atoms with Gasteiger partial charge in [-0.2, -0.15) is 8.78 Å². The number of rotatable bonds is 8. The van der Waals surface area contributed by atoms with Crippen LogP contribution in [-0.4, -0.2) is 25.8 Å². The fraction of sp³-hybridized carbons (Fsp3) is 0.318. The van der Waals surface area contributed by atoms with Crippen molar-refractivity contribution in [3.05, 3.63) is 71.3 Å². The largest absolute Gasteiger partial charge is 0.478 e. The Morgan fingerprint density at radius 1 is 1.14 bits per heavy atom. The number of benzene rings is 2. The van der Waals surface area contributed by atoms with Crippen molar-refractivity contribution in [1.29, 1.82) is 0 Å². The van der Waals surface area contributed by atoms with E-state index in [0.717, 1.165) is 30.9 Å². The summed E-state index contributed by atoms with van der Waals surface area (Å²) < 4.78 is 28.9. The number of halogens is 2. The van der Waals surface area contributed by atoms with Crippen LogP contribution in [0.5, 0.6) is 0 Å². The van der Waals surface area contributed by atoms with Crippen LogP contribution < -0.4 is 0 Å². The molecule has 152 valence electrons. The summed E-state index contributed by atoms with van der Waals surface area (Å²) in [5.41, 5.74) is 2.53. The highest BCUT2D eigenvalue weighted by atomic mass is 19.3. The number of alkyl halides is 2. The first kappa shape index (κ1) is 20.6. The average Bonchev–Trinajstić information content (AvgIpc) is 3.10. The fourth-order valence-electron chi connectivity index (χ4n) is 3.08. The maximum absolute atomic E-state index is 13.7. The Labute approximate surface area is 168 Å². The molecule has 0 spiro atoms. The Bertz CT molecular complexity index is 992. The first-order valence-corrected chi connectivity index (χ1v) is 9.53. The predicted octanol–water partition coefficient (Wildman–Crippen LogP) is 5.15. The fourth-order valence-corrected chi connectivity index (χ4v) is 3.08. The van der Waals surface area contributed by atoms with Crippen LogP contribution in [-0.2, 0) is 18.9 Å². The van der Waals surface area contributed by atoms with E-state index in [0.29, 0.717) is 24.4 Å². The van der Waals surface area contributed by atoms with Gasteiger partial charge in [0.05, 0.1) is 5.56 Å². The number of nitrogens with zero attached hydrogens (tertiary/aromatic N) is 3. The molecule has 3 rings (SSSR count). The van der Waals surface area contributed by atoms with E-state index in [1.807, 2.05) is 31.2 Å². The molecule has 0 bridgehead atoms. The van der Waals surface area contributed by atoms with Gasteiger partial charge in [-0.05, 0) is 29.2 Å². The van der Waals surface area contributed by atoms with Crippen molar-refractivity contribution in [3.63, 3.8) is 0 Å². The van der Waals surface area contributed by atoms with Crippen LogP contribution in [0.3, 0.4) is 0 Å². The summed E-state index contributed by atoms with van der Waals surface area (Å²) >= 11 is 0. The third-order valence-electron chi connectivity index (χ3n) is 4.65. The molecule has 1 heterocycles. The standard InChI is InChI=1S/C22H23F2N3O2/c1-3-4-13-27-19(25-21(26-27)22(2,23)24)14-15-9-11-16(12-10-15)17-7-5-6-8-18(17)20(28)29/h5-12H,3-4,13-14H2,1-2H3,(H,28,29). The van der Waals surface area contributed by atoms with E-state index in [1.165, 1.54) is 0 Å². The van der Waals surface area contributed by atoms with Gasteiger partial charge < -0.3 is 5.11 Å². The molecule has 1 aromatic heterocycles.